The monoisotopic (exact) mass is 283 g/mol. The number of nitrogens with zero attached hydrogens (tertiary/aromatic N) is 2. The first-order valence-electron chi connectivity index (χ1n) is 8.44. The number of ether oxygens (including phenoxy) is 1. The van der Waals surface area contributed by atoms with E-state index >= 15 is 0 Å². The number of nitrogens with two attached hydrogens (primary N) is 1. The number of hydrogen-bond acceptors (Lipinski definition) is 4. The van der Waals surface area contributed by atoms with Crippen molar-refractivity contribution in [2.75, 3.05) is 46.4 Å². The van der Waals surface area contributed by atoms with Crippen LogP contribution in [0.1, 0.15) is 45.4 Å². The van der Waals surface area contributed by atoms with Gasteiger partial charge in [-0.2, -0.15) is 0 Å². The Bertz CT molecular complexity index is 287. The highest BCUT2D eigenvalue weighted by Gasteiger charge is 2.39. The Labute approximate surface area is 124 Å². The molecule has 0 radical (unpaired) electrons. The summed E-state index contributed by atoms with van der Waals surface area (Å²) in [6.45, 7) is 9.03. The van der Waals surface area contributed by atoms with Crippen molar-refractivity contribution in [3.8, 4) is 0 Å². The van der Waals surface area contributed by atoms with Crippen molar-refractivity contribution in [1.82, 2.24) is 9.80 Å². The predicted octanol–water partition coefficient (Wildman–Crippen LogP) is 1.69. The molecule has 4 heteroatoms. The fourth-order valence-electron chi connectivity index (χ4n) is 3.99. The fraction of sp³-hybridized carbons (Fsp3) is 1.00. The van der Waals surface area contributed by atoms with Crippen LogP contribution >= 0.6 is 0 Å². The molecule has 0 aromatic rings. The molecule has 4 nitrogen and oxygen atoms in total. The molecule has 2 unspecified atom stereocenters. The fourth-order valence-corrected chi connectivity index (χ4v) is 3.99. The number of rotatable bonds is 5. The molecule has 2 aliphatic rings. The number of likely N-dealkylation sites (tertiary alicyclic amines) is 2. The van der Waals surface area contributed by atoms with E-state index in [1.54, 1.807) is 0 Å². The van der Waals surface area contributed by atoms with Crippen LogP contribution in [0.3, 0.4) is 0 Å². The molecule has 0 bridgehead atoms. The van der Waals surface area contributed by atoms with Crippen LogP contribution in [-0.4, -0.2) is 67.8 Å². The summed E-state index contributed by atoms with van der Waals surface area (Å²) < 4.78 is 5.60. The van der Waals surface area contributed by atoms with Crippen LogP contribution in [0.4, 0.5) is 0 Å². The van der Waals surface area contributed by atoms with Crippen LogP contribution in [-0.2, 0) is 4.74 Å². The van der Waals surface area contributed by atoms with E-state index in [0.29, 0.717) is 6.10 Å². The molecular weight excluding hydrogens is 250 g/mol. The first kappa shape index (κ1) is 16.2. The first-order valence-corrected chi connectivity index (χ1v) is 8.44. The lowest BCUT2D eigenvalue weighted by molar-refractivity contribution is -0.0224. The van der Waals surface area contributed by atoms with Crippen LogP contribution in [0.15, 0.2) is 0 Å². The van der Waals surface area contributed by atoms with Gasteiger partial charge in [-0.1, -0.05) is 6.92 Å². The summed E-state index contributed by atoms with van der Waals surface area (Å²) in [4.78, 5) is 5.27. The van der Waals surface area contributed by atoms with Crippen molar-refractivity contribution in [2.45, 2.75) is 57.1 Å². The largest absolute Gasteiger partial charge is 0.380 e. The zero-order valence-corrected chi connectivity index (χ0v) is 13.4. The second-order valence-corrected chi connectivity index (χ2v) is 6.57. The van der Waals surface area contributed by atoms with Gasteiger partial charge in [0, 0.05) is 25.7 Å². The van der Waals surface area contributed by atoms with E-state index < -0.39 is 0 Å². The third-order valence-electron chi connectivity index (χ3n) is 5.31. The lowest BCUT2D eigenvalue weighted by atomic mass is 9.86. The van der Waals surface area contributed by atoms with Gasteiger partial charge < -0.3 is 15.4 Å². The van der Waals surface area contributed by atoms with Crippen LogP contribution in [0.5, 0.6) is 0 Å². The number of hydrogen-bond donors (Lipinski definition) is 1. The molecule has 0 aromatic carbocycles. The Balaban J connectivity index is 2.01. The molecule has 0 saturated carbocycles. The van der Waals surface area contributed by atoms with Crippen molar-refractivity contribution in [3.05, 3.63) is 0 Å². The Morgan fingerprint density at radius 2 is 2.05 bits per heavy atom. The Hall–Kier alpha value is -0.160. The predicted molar refractivity (Wildman–Crippen MR) is 84.0 cm³/mol. The molecule has 0 aliphatic carbocycles. The molecule has 2 saturated heterocycles. The third-order valence-corrected chi connectivity index (χ3v) is 5.31. The molecule has 20 heavy (non-hydrogen) atoms. The van der Waals surface area contributed by atoms with Gasteiger partial charge in [0.15, 0.2) is 0 Å². The maximum absolute atomic E-state index is 6.24. The highest BCUT2D eigenvalue weighted by atomic mass is 16.5. The van der Waals surface area contributed by atoms with Crippen LogP contribution < -0.4 is 5.73 Å². The Kier molecular flexibility index (Phi) is 6.27. The molecule has 0 aromatic heterocycles. The van der Waals surface area contributed by atoms with Crippen LogP contribution in [0, 0.1) is 0 Å². The molecule has 2 aliphatic heterocycles. The van der Waals surface area contributed by atoms with Crippen molar-refractivity contribution >= 4 is 0 Å². The van der Waals surface area contributed by atoms with Gasteiger partial charge in [0.05, 0.1) is 6.10 Å². The normalized spacial score (nSPS) is 34.0. The van der Waals surface area contributed by atoms with Gasteiger partial charge in [0.1, 0.15) is 0 Å². The average Bonchev–Trinajstić information content (AvgIpc) is 2.71. The summed E-state index contributed by atoms with van der Waals surface area (Å²) in [6, 6.07) is 0. The van der Waals surface area contributed by atoms with Crippen molar-refractivity contribution < 1.29 is 4.74 Å². The zero-order chi connectivity index (χ0) is 14.4. The van der Waals surface area contributed by atoms with Gasteiger partial charge in [-0.3, -0.25) is 4.90 Å². The highest BCUT2D eigenvalue weighted by molar-refractivity contribution is 4.96. The second-order valence-electron chi connectivity index (χ2n) is 6.57. The Morgan fingerprint density at radius 3 is 2.75 bits per heavy atom. The molecule has 0 spiro atoms. The summed E-state index contributed by atoms with van der Waals surface area (Å²) in [5.74, 6) is 0. The summed E-state index contributed by atoms with van der Waals surface area (Å²) >= 11 is 0. The maximum atomic E-state index is 6.24. The molecule has 0 amide bonds. The number of methoxy groups -OCH3 is 1. The van der Waals surface area contributed by atoms with Gasteiger partial charge in [-0.15, -0.1) is 0 Å². The first-order chi connectivity index (χ1) is 9.74. The molecule has 2 rings (SSSR count). The van der Waals surface area contributed by atoms with E-state index in [1.165, 1.54) is 64.7 Å². The van der Waals surface area contributed by atoms with Gasteiger partial charge in [0.2, 0.25) is 0 Å². The van der Waals surface area contributed by atoms with Gasteiger partial charge in [-0.25, -0.2) is 0 Å². The van der Waals surface area contributed by atoms with Crippen LogP contribution in [0.25, 0.3) is 0 Å². The van der Waals surface area contributed by atoms with E-state index in [2.05, 4.69) is 16.7 Å². The average molecular weight is 283 g/mol. The quantitative estimate of drug-likeness (QED) is 0.834. The van der Waals surface area contributed by atoms with Crippen molar-refractivity contribution in [2.24, 2.45) is 5.73 Å². The van der Waals surface area contributed by atoms with Crippen molar-refractivity contribution in [1.29, 1.82) is 0 Å². The maximum Gasteiger partial charge on any atom is 0.0698 e. The molecular formula is C16H33N3O. The van der Waals surface area contributed by atoms with E-state index in [0.717, 1.165) is 13.1 Å². The summed E-state index contributed by atoms with van der Waals surface area (Å²) in [5.41, 5.74) is 6.47. The van der Waals surface area contributed by atoms with Gasteiger partial charge >= 0.3 is 0 Å². The minimum atomic E-state index is 0.222. The molecule has 2 atom stereocenters. The summed E-state index contributed by atoms with van der Waals surface area (Å²) in [7, 11) is 1.85. The smallest absolute Gasteiger partial charge is 0.0698 e. The third kappa shape index (κ3) is 3.73. The van der Waals surface area contributed by atoms with E-state index in [9.17, 15) is 0 Å². The minimum Gasteiger partial charge on any atom is -0.380 e. The molecule has 118 valence electrons. The SMILES string of the molecule is CCCN1CCCC(CN)(N2CCCC(OC)C2)CC1. The van der Waals surface area contributed by atoms with Gasteiger partial charge in [0.25, 0.3) is 0 Å². The minimum absolute atomic E-state index is 0.222. The van der Waals surface area contributed by atoms with E-state index in [-0.39, 0.29) is 5.54 Å². The van der Waals surface area contributed by atoms with Gasteiger partial charge in [-0.05, 0) is 64.7 Å². The topological polar surface area (TPSA) is 41.7 Å². The summed E-state index contributed by atoms with van der Waals surface area (Å²) in [5, 5.41) is 0. The molecule has 2 fully saturated rings. The number of piperidine rings is 1. The standard InChI is InChI=1S/C16H33N3O/c1-3-9-18-10-5-7-16(14-17,8-12-18)19-11-4-6-15(13-19)20-2/h15H,3-14,17H2,1-2H3. The zero-order valence-electron chi connectivity index (χ0n) is 13.4. The van der Waals surface area contributed by atoms with Crippen molar-refractivity contribution in [3.63, 3.8) is 0 Å². The summed E-state index contributed by atoms with van der Waals surface area (Å²) in [6.07, 6.45) is 7.87. The second kappa shape index (κ2) is 7.74. The van der Waals surface area contributed by atoms with E-state index in [4.69, 9.17) is 10.5 Å². The Morgan fingerprint density at radius 1 is 1.20 bits per heavy atom. The molecule has 2 heterocycles. The highest BCUT2D eigenvalue weighted by Crippen LogP contribution is 2.31. The molecule has 2 N–H and O–H groups in total. The van der Waals surface area contributed by atoms with E-state index in [1.807, 2.05) is 7.11 Å². The van der Waals surface area contributed by atoms with Crippen LogP contribution in [0.2, 0.25) is 0 Å². The lowest BCUT2D eigenvalue weighted by Gasteiger charge is -2.46. The lowest BCUT2D eigenvalue weighted by Crippen LogP contribution is -2.58.